The maximum absolute atomic E-state index is 14.6. The van der Waals surface area contributed by atoms with Gasteiger partial charge in [-0.05, 0) is 89.7 Å². The molecule has 0 bridgehead atoms. The first-order chi connectivity index (χ1) is 24.0. The summed E-state index contributed by atoms with van der Waals surface area (Å²) in [5.74, 6) is -2.29. The van der Waals surface area contributed by atoms with E-state index in [1.807, 2.05) is 13.0 Å². The van der Waals surface area contributed by atoms with Gasteiger partial charge in [0.05, 0.1) is 40.2 Å². The normalized spacial score (nSPS) is 13.1. The molecule has 1 atom stereocenters. The summed E-state index contributed by atoms with van der Waals surface area (Å²) in [4.78, 5) is 37.4. The Morgan fingerprint density at radius 3 is 2.42 bits per heavy atom. The van der Waals surface area contributed by atoms with Crippen molar-refractivity contribution in [2.45, 2.75) is 25.2 Å². The Morgan fingerprint density at radius 1 is 0.920 bits per heavy atom. The van der Waals surface area contributed by atoms with Gasteiger partial charge in [-0.3, -0.25) is 19.7 Å². The van der Waals surface area contributed by atoms with Crippen molar-refractivity contribution >= 4 is 34.6 Å². The summed E-state index contributed by atoms with van der Waals surface area (Å²) in [6, 6.07) is 24.7. The Labute approximate surface area is 285 Å². The van der Waals surface area contributed by atoms with Crippen LogP contribution in [0.3, 0.4) is 0 Å². The molecular formula is C38H32F2N4O6. The first-order valence-corrected chi connectivity index (χ1v) is 15.7. The van der Waals surface area contributed by atoms with Crippen LogP contribution < -0.4 is 20.7 Å². The van der Waals surface area contributed by atoms with Gasteiger partial charge in [0.15, 0.2) is 5.75 Å². The van der Waals surface area contributed by atoms with Crippen molar-refractivity contribution in [2.24, 2.45) is 0 Å². The molecule has 12 heteroatoms. The van der Waals surface area contributed by atoms with Gasteiger partial charge in [0, 0.05) is 24.1 Å². The predicted molar refractivity (Wildman–Crippen MR) is 185 cm³/mol. The molecule has 0 fully saturated rings. The number of methoxy groups -OCH3 is 1. The van der Waals surface area contributed by atoms with E-state index in [-0.39, 0.29) is 41.6 Å². The molecule has 0 radical (unpaired) electrons. The minimum atomic E-state index is -0.818. The Morgan fingerprint density at radius 2 is 1.68 bits per heavy atom. The zero-order chi connectivity index (χ0) is 35.6. The van der Waals surface area contributed by atoms with E-state index < -0.39 is 27.9 Å². The number of phenols is 1. The topological polar surface area (TPSA) is 143 Å². The van der Waals surface area contributed by atoms with E-state index in [9.17, 15) is 33.6 Å². The highest BCUT2D eigenvalue weighted by atomic mass is 19.1. The number of para-hydroxylation sites is 1. The largest absolute Gasteiger partial charge is 0.507 e. The second-order valence-corrected chi connectivity index (χ2v) is 12.2. The fraction of sp³-hybridized carbons (Fsp3) is 0.158. The first kappa shape index (κ1) is 33.6. The van der Waals surface area contributed by atoms with Crippen LogP contribution in [0.1, 0.15) is 45.2 Å². The number of carbonyl (C=O) groups is 2. The summed E-state index contributed by atoms with van der Waals surface area (Å²) in [6.07, 6.45) is 0.553. The smallest absolute Gasteiger partial charge is 0.310 e. The van der Waals surface area contributed by atoms with Crippen LogP contribution in [0.4, 0.5) is 31.5 Å². The molecule has 1 aliphatic heterocycles. The van der Waals surface area contributed by atoms with Gasteiger partial charge < -0.3 is 25.8 Å². The van der Waals surface area contributed by atoms with Crippen LogP contribution in [-0.2, 0) is 11.8 Å². The third kappa shape index (κ3) is 6.81. The van der Waals surface area contributed by atoms with Gasteiger partial charge in [0.2, 0.25) is 0 Å². The van der Waals surface area contributed by atoms with Crippen molar-refractivity contribution < 1.29 is 33.1 Å². The minimum absolute atomic E-state index is 0.0887. The number of nitro groups is 1. The van der Waals surface area contributed by atoms with Crippen LogP contribution in [0.15, 0.2) is 97.1 Å². The second kappa shape index (κ2) is 13.7. The van der Waals surface area contributed by atoms with E-state index in [1.165, 1.54) is 37.4 Å². The number of hydrogen-bond acceptors (Lipinski definition) is 7. The van der Waals surface area contributed by atoms with Crippen LogP contribution in [-0.4, -0.2) is 35.5 Å². The Bertz CT molecular complexity index is 2160. The van der Waals surface area contributed by atoms with Crippen LogP contribution >= 0.6 is 0 Å². The molecule has 10 nitrogen and oxygen atoms in total. The standard InChI is InChI=1S/C38H32F2N4O6/c1-38(16-15-22-7-11-26(39)20-29(22)40,21-41-36(46)28-5-3-4-6-34(28)45)25-10-13-30-32(19-25)43-37(47)27-12-8-23(17-31(27)42-30)24-9-14-33(44(48)49)35(18-24)50-2/h3-14,17-20,42,45H,15-16,21H2,1-2H3,(H,41,46)(H,43,47). The SMILES string of the molecule is COc1cc(-c2ccc3c(c2)Nc2ccc(C(C)(CCc4ccc(F)cc4F)CNC(=O)c4ccccc4O)cc2NC3=O)ccc1[N+](=O)[O-]. The molecule has 1 aliphatic rings. The number of nitrogens with one attached hydrogen (secondary N) is 3. The molecule has 5 aromatic rings. The van der Waals surface area contributed by atoms with Crippen molar-refractivity contribution in [1.29, 1.82) is 0 Å². The molecule has 50 heavy (non-hydrogen) atoms. The highest BCUT2D eigenvalue weighted by Gasteiger charge is 2.30. The number of fused-ring (bicyclic) bond motifs is 2. The maximum Gasteiger partial charge on any atom is 0.310 e. The number of phenolic OH excluding ortho intramolecular Hbond substituents is 1. The van der Waals surface area contributed by atoms with E-state index >= 15 is 0 Å². The van der Waals surface area contributed by atoms with Crippen molar-refractivity contribution in [3.05, 3.63) is 141 Å². The van der Waals surface area contributed by atoms with E-state index in [1.54, 1.807) is 54.6 Å². The number of ether oxygens (including phenoxy) is 1. The molecule has 5 aromatic carbocycles. The number of hydrogen-bond donors (Lipinski definition) is 4. The number of aryl methyl sites for hydroxylation is 1. The van der Waals surface area contributed by atoms with Gasteiger partial charge in [-0.1, -0.05) is 37.3 Å². The lowest BCUT2D eigenvalue weighted by atomic mass is 9.77. The lowest BCUT2D eigenvalue weighted by molar-refractivity contribution is -0.385. The highest BCUT2D eigenvalue weighted by molar-refractivity contribution is 6.12. The molecular weight excluding hydrogens is 646 g/mol. The number of halogens is 2. The fourth-order valence-electron chi connectivity index (χ4n) is 6.01. The summed E-state index contributed by atoms with van der Waals surface area (Å²) in [5.41, 5.74) is 3.42. The first-order valence-electron chi connectivity index (χ1n) is 15.7. The molecule has 4 N–H and O–H groups in total. The number of benzene rings is 5. The molecule has 0 saturated heterocycles. The molecule has 0 aromatic heterocycles. The Kier molecular flexibility index (Phi) is 9.18. The Balaban J connectivity index is 1.31. The third-order valence-electron chi connectivity index (χ3n) is 8.96. The van der Waals surface area contributed by atoms with E-state index in [0.717, 1.165) is 11.6 Å². The second-order valence-electron chi connectivity index (χ2n) is 12.2. The average Bonchev–Trinajstić information content (AvgIpc) is 3.24. The molecule has 2 amide bonds. The van der Waals surface area contributed by atoms with Gasteiger partial charge in [0.1, 0.15) is 17.4 Å². The number of carbonyl (C=O) groups excluding carboxylic acids is 2. The van der Waals surface area contributed by atoms with Crippen molar-refractivity contribution in [3.63, 3.8) is 0 Å². The highest BCUT2D eigenvalue weighted by Crippen LogP contribution is 2.40. The number of anilines is 3. The minimum Gasteiger partial charge on any atom is -0.507 e. The number of nitrogens with zero attached hydrogens (tertiary/aromatic N) is 1. The molecule has 1 heterocycles. The molecule has 0 saturated carbocycles. The summed E-state index contributed by atoms with van der Waals surface area (Å²) in [7, 11) is 1.36. The lowest BCUT2D eigenvalue weighted by Crippen LogP contribution is -2.39. The average molecular weight is 679 g/mol. The third-order valence-corrected chi connectivity index (χ3v) is 8.96. The van der Waals surface area contributed by atoms with Crippen molar-refractivity contribution in [3.8, 4) is 22.6 Å². The fourth-order valence-corrected chi connectivity index (χ4v) is 6.01. The predicted octanol–water partition coefficient (Wildman–Crippen LogP) is 7.88. The molecule has 6 rings (SSSR count). The van der Waals surface area contributed by atoms with Gasteiger partial charge in [-0.15, -0.1) is 0 Å². The van der Waals surface area contributed by atoms with Crippen LogP contribution in [0.5, 0.6) is 11.5 Å². The van der Waals surface area contributed by atoms with E-state index in [2.05, 4.69) is 16.0 Å². The quantitative estimate of drug-likeness (QED) is 0.0869. The summed E-state index contributed by atoms with van der Waals surface area (Å²) in [6.45, 7) is 1.98. The van der Waals surface area contributed by atoms with Gasteiger partial charge >= 0.3 is 5.69 Å². The molecule has 0 spiro atoms. The van der Waals surface area contributed by atoms with Crippen molar-refractivity contribution in [1.82, 2.24) is 5.32 Å². The molecule has 1 unspecified atom stereocenters. The van der Waals surface area contributed by atoms with Gasteiger partial charge in [-0.25, -0.2) is 8.78 Å². The van der Waals surface area contributed by atoms with Crippen LogP contribution in [0.25, 0.3) is 11.1 Å². The number of amides is 2. The summed E-state index contributed by atoms with van der Waals surface area (Å²) < 4.78 is 33.5. The van der Waals surface area contributed by atoms with Crippen LogP contribution in [0, 0.1) is 21.7 Å². The monoisotopic (exact) mass is 678 g/mol. The number of aromatic hydroxyl groups is 1. The Hall–Kier alpha value is -6.30. The van der Waals surface area contributed by atoms with Crippen molar-refractivity contribution in [2.75, 3.05) is 24.3 Å². The summed E-state index contributed by atoms with van der Waals surface area (Å²) in [5, 5.41) is 30.8. The maximum atomic E-state index is 14.6. The molecule has 0 aliphatic carbocycles. The van der Waals surface area contributed by atoms with E-state index in [4.69, 9.17) is 4.74 Å². The van der Waals surface area contributed by atoms with E-state index in [0.29, 0.717) is 45.7 Å². The zero-order valence-electron chi connectivity index (χ0n) is 27.1. The zero-order valence-corrected chi connectivity index (χ0v) is 27.1. The van der Waals surface area contributed by atoms with Gasteiger partial charge in [0.25, 0.3) is 11.8 Å². The lowest BCUT2D eigenvalue weighted by Gasteiger charge is -2.32. The number of rotatable bonds is 10. The molecule has 254 valence electrons. The summed E-state index contributed by atoms with van der Waals surface area (Å²) >= 11 is 0. The van der Waals surface area contributed by atoms with Crippen LogP contribution in [0.2, 0.25) is 0 Å². The number of nitro benzene ring substituents is 1. The van der Waals surface area contributed by atoms with Gasteiger partial charge in [-0.2, -0.15) is 0 Å².